The molecule has 2 aliphatic rings. The van der Waals surface area contributed by atoms with Gasteiger partial charge in [0.25, 0.3) is 0 Å². The molecule has 2 aromatic rings. The van der Waals surface area contributed by atoms with E-state index in [1.54, 1.807) is 19.1 Å². The van der Waals surface area contributed by atoms with Crippen LogP contribution in [0.3, 0.4) is 0 Å². The molecule has 2 fully saturated rings. The maximum atomic E-state index is 13.3. The van der Waals surface area contributed by atoms with Crippen molar-refractivity contribution < 1.29 is 13.9 Å². The number of ether oxygens (including phenoxy) is 1. The molecule has 0 N–H and O–H groups in total. The van der Waals surface area contributed by atoms with Gasteiger partial charge in [-0.25, -0.2) is 14.4 Å². The Morgan fingerprint density at radius 3 is 2.74 bits per heavy atom. The highest BCUT2D eigenvalue weighted by molar-refractivity contribution is 5.77. The first-order valence-electron chi connectivity index (χ1n) is 11.3. The lowest BCUT2D eigenvalue weighted by atomic mass is 10.0. The summed E-state index contributed by atoms with van der Waals surface area (Å²) in [5, 5.41) is 0. The zero-order valence-electron chi connectivity index (χ0n) is 18.4. The molecule has 1 aliphatic heterocycles. The van der Waals surface area contributed by atoms with Crippen molar-refractivity contribution in [3.05, 3.63) is 42.0 Å². The highest BCUT2D eigenvalue weighted by atomic mass is 19.1. The maximum absolute atomic E-state index is 13.3. The third-order valence-corrected chi connectivity index (χ3v) is 6.49. The van der Waals surface area contributed by atoms with Gasteiger partial charge in [-0.05, 0) is 49.9 Å². The van der Waals surface area contributed by atoms with Gasteiger partial charge in [0.05, 0.1) is 0 Å². The van der Waals surface area contributed by atoms with Crippen molar-refractivity contribution >= 4 is 11.7 Å². The quantitative estimate of drug-likeness (QED) is 0.669. The van der Waals surface area contributed by atoms with E-state index < -0.39 is 0 Å². The van der Waals surface area contributed by atoms with Crippen molar-refractivity contribution in [3.63, 3.8) is 0 Å². The molecule has 1 amide bonds. The standard InChI is InChI=1S/C24H31FN4O2/c1-17-13-20(25)8-9-21(17)31-23-14-22(26-16-27-23)28-11-12-29(18(2)15-28)24(30)10-7-19-5-3-4-6-19/h8-9,13-14,16,18-19H,3-7,10-12,15H2,1-2H3/t18-/m1/s1. The fraction of sp³-hybridized carbons (Fsp3) is 0.542. The van der Waals surface area contributed by atoms with Crippen LogP contribution in [-0.4, -0.2) is 46.5 Å². The number of halogens is 1. The Hall–Kier alpha value is -2.70. The summed E-state index contributed by atoms with van der Waals surface area (Å²) < 4.78 is 19.2. The lowest BCUT2D eigenvalue weighted by molar-refractivity contribution is -0.133. The molecule has 6 nitrogen and oxygen atoms in total. The second-order valence-corrected chi connectivity index (χ2v) is 8.80. The SMILES string of the molecule is Cc1cc(F)ccc1Oc1cc(N2CCN(C(=O)CCC3CCCC3)[C@H](C)C2)ncn1. The minimum atomic E-state index is -0.294. The van der Waals surface area contributed by atoms with Crippen LogP contribution in [-0.2, 0) is 4.79 Å². The Labute approximate surface area is 183 Å². The van der Waals surface area contributed by atoms with Gasteiger partial charge in [-0.1, -0.05) is 25.7 Å². The average Bonchev–Trinajstić information content (AvgIpc) is 3.28. The minimum Gasteiger partial charge on any atom is -0.439 e. The number of piperazine rings is 1. The first-order chi connectivity index (χ1) is 15.0. The molecule has 31 heavy (non-hydrogen) atoms. The molecule has 1 atom stereocenters. The summed E-state index contributed by atoms with van der Waals surface area (Å²) in [6.45, 7) is 6.04. The lowest BCUT2D eigenvalue weighted by Gasteiger charge is -2.40. The first-order valence-corrected chi connectivity index (χ1v) is 11.3. The zero-order valence-corrected chi connectivity index (χ0v) is 18.4. The topological polar surface area (TPSA) is 58.6 Å². The summed E-state index contributed by atoms with van der Waals surface area (Å²) in [5.41, 5.74) is 0.707. The summed E-state index contributed by atoms with van der Waals surface area (Å²) >= 11 is 0. The molecule has 2 heterocycles. The van der Waals surface area contributed by atoms with Crippen LogP contribution in [0.15, 0.2) is 30.6 Å². The first kappa shape index (κ1) is 21.5. The number of nitrogens with zero attached hydrogens (tertiary/aromatic N) is 4. The van der Waals surface area contributed by atoms with Crippen LogP contribution in [0, 0.1) is 18.7 Å². The van der Waals surface area contributed by atoms with E-state index in [1.807, 2.05) is 4.90 Å². The smallest absolute Gasteiger partial charge is 0.224 e. The van der Waals surface area contributed by atoms with E-state index in [1.165, 1.54) is 44.1 Å². The predicted molar refractivity (Wildman–Crippen MR) is 118 cm³/mol. The van der Waals surface area contributed by atoms with Crippen LogP contribution in [0.25, 0.3) is 0 Å². The number of aromatic nitrogens is 2. The van der Waals surface area contributed by atoms with Crippen LogP contribution < -0.4 is 9.64 Å². The number of rotatable bonds is 6. The van der Waals surface area contributed by atoms with Gasteiger partial charge in [-0.2, -0.15) is 0 Å². The number of amides is 1. The van der Waals surface area contributed by atoms with Crippen molar-refractivity contribution in [2.45, 2.75) is 58.4 Å². The highest BCUT2D eigenvalue weighted by Gasteiger charge is 2.28. The number of carbonyl (C=O) groups is 1. The van der Waals surface area contributed by atoms with Gasteiger partial charge in [-0.15, -0.1) is 0 Å². The summed E-state index contributed by atoms with van der Waals surface area (Å²) in [5.74, 6) is 2.48. The number of aryl methyl sites for hydroxylation is 1. The van der Waals surface area contributed by atoms with Crippen molar-refractivity contribution in [2.24, 2.45) is 5.92 Å². The van der Waals surface area contributed by atoms with Crippen LogP contribution in [0.1, 0.15) is 51.0 Å². The van der Waals surface area contributed by atoms with E-state index in [0.29, 0.717) is 30.2 Å². The summed E-state index contributed by atoms with van der Waals surface area (Å²) in [7, 11) is 0. The van der Waals surface area contributed by atoms with Crippen molar-refractivity contribution in [2.75, 3.05) is 24.5 Å². The van der Waals surface area contributed by atoms with Crippen LogP contribution >= 0.6 is 0 Å². The molecule has 1 saturated heterocycles. The highest BCUT2D eigenvalue weighted by Crippen LogP contribution is 2.30. The number of anilines is 1. The third kappa shape index (κ3) is 5.32. The molecule has 4 rings (SSSR count). The maximum Gasteiger partial charge on any atom is 0.224 e. The van der Waals surface area contributed by atoms with Gasteiger partial charge in [-0.3, -0.25) is 4.79 Å². The summed E-state index contributed by atoms with van der Waals surface area (Å²) in [4.78, 5) is 25.5. The van der Waals surface area contributed by atoms with Crippen molar-refractivity contribution in [1.29, 1.82) is 0 Å². The Morgan fingerprint density at radius 2 is 2.00 bits per heavy atom. The van der Waals surface area contributed by atoms with E-state index in [0.717, 1.165) is 31.2 Å². The van der Waals surface area contributed by atoms with Crippen LogP contribution in [0.2, 0.25) is 0 Å². The average molecular weight is 427 g/mol. The van der Waals surface area contributed by atoms with Gasteiger partial charge < -0.3 is 14.5 Å². The third-order valence-electron chi connectivity index (χ3n) is 6.49. The normalized spacial score (nSPS) is 19.6. The van der Waals surface area contributed by atoms with Gasteiger partial charge in [0.1, 0.15) is 23.7 Å². The molecule has 1 aliphatic carbocycles. The van der Waals surface area contributed by atoms with E-state index in [9.17, 15) is 9.18 Å². The number of benzene rings is 1. The Kier molecular flexibility index (Phi) is 6.68. The Morgan fingerprint density at radius 1 is 1.19 bits per heavy atom. The fourth-order valence-electron chi connectivity index (χ4n) is 4.71. The zero-order chi connectivity index (χ0) is 21.8. The molecular weight excluding hydrogens is 395 g/mol. The van der Waals surface area contributed by atoms with E-state index in [2.05, 4.69) is 21.8 Å². The molecule has 0 spiro atoms. The number of hydrogen-bond acceptors (Lipinski definition) is 5. The van der Waals surface area contributed by atoms with Gasteiger partial charge >= 0.3 is 0 Å². The van der Waals surface area contributed by atoms with Gasteiger partial charge in [0.15, 0.2) is 0 Å². The van der Waals surface area contributed by atoms with Crippen LogP contribution in [0.4, 0.5) is 10.2 Å². The molecule has 0 bridgehead atoms. The molecule has 0 unspecified atom stereocenters. The van der Waals surface area contributed by atoms with E-state index in [4.69, 9.17) is 4.74 Å². The molecule has 1 aromatic heterocycles. The Bertz CT molecular complexity index is 916. The van der Waals surface area contributed by atoms with Gasteiger partial charge in [0, 0.05) is 38.2 Å². The van der Waals surface area contributed by atoms with E-state index >= 15 is 0 Å². The lowest BCUT2D eigenvalue weighted by Crippen LogP contribution is -2.54. The van der Waals surface area contributed by atoms with Crippen molar-refractivity contribution in [1.82, 2.24) is 14.9 Å². The molecule has 166 valence electrons. The predicted octanol–water partition coefficient (Wildman–Crippen LogP) is 4.72. The molecule has 1 aromatic carbocycles. The molecule has 0 radical (unpaired) electrons. The second kappa shape index (κ2) is 9.62. The Balaban J connectivity index is 1.35. The molecule has 7 heteroatoms. The summed E-state index contributed by atoms with van der Waals surface area (Å²) in [6, 6.07) is 6.33. The van der Waals surface area contributed by atoms with E-state index in [-0.39, 0.29) is 17.8 Å². The number of hydrogen-bond donors (Lipinski definition) is 0. The van der Waals surface area contributed by atoms with Crippen LogP contribution in [0.5, 0.6) is 11.6 Å². The largest absolute Gasteiger partial charge is 0.439 e. The molecular formula is C24H31FN4O2. The van der Waals surface area contributed by atoms with Gasteiger partial charge in [0.2, 0.25) is 11.8 Å². The monoisotopic (exact) mass is 426 g/mol. The second-order valence-electron chi connectivity index (χ2n) is 8.80. The summed E-state index contributed by atoms with van der Waals surface area (Å²) in [6.07, 6.45) is 8.38. The van der Waals surface area contributed by atoms with Crippen molar-refractivity contribution in [3.8, 4) is 11.6 Å². The fourth-order valence-corrected chi connectivity index (χ4v) is 4.71. The minimum absolute atomic E-state index is 0.128. The molecule has 1 saturated carbocycles. The number of carbonyl (C=O) groups excluding carboxylic acids is 1.